The quantitative estimate of drug-likeness (QED) is 0.941. The molecule has 2 rings (SSSR count). The summed E-state index contributed by atoms with van der Waals surface area (Å²) in [5, 5.41) is 10.9. The molecule has 0 radical (unpaired) electrons. The van der Waals surface area contributed by atoms with Gasteiger partial charge >= 0.3 is 0 Å². The summed E-state index contributed by atoms with van der Waals surface area (Å²) in [6.45, 7) is 0.561. The van der Waals surface area contributed by atoms with Crippen LogP contribution < -0.4 is 5.32 Å². The van der Waals surface area contributed by atoms with E-state index in [1.165, 1.54) is 6.07 Å². The summed E-state index contributed by atoms with van der Waals surface area (Å²) in [5.74, 6) is -0.273. The number of hydrogen-bond donors (Lipinski definition) is 1. The Morgan fingerprint density at radius 1 is 1.50 bits per heavy atom. The van der Waals surface area contributed by atoms with Crippen LogP contribution in [-0.4, -0.2) is 15.0 Å². The minimum absolute atomic E-state index is 0.273. The van der Waals surface area contributed by atoms with E-state index in [1.54, 1.807) is 16.8 Å². The van der Waals surface area contributed by atoms with Crippen LogP contribution in [0.15, 0.2) is 28.9 Å². The molecule has 16 heavy (non-hydrogen) atoms. The molecule has 6 heteroatoms. The molecule has 0 atom stereocenters. The fourth-order valence-corrected chi connectivity index (χ4v) is 1.65. The van der Waals surface area contributed by atoms with Crippen LogP contribution in [-0.2, 0) is 13.6 Å². The Kier molecular flexibility index (Phi) is 3.19. The zero-order chi connectivity index (χ0) is 11.5. The van der Waals surface area contributed by atoms with E-state index in [4.69, 9.17) is 0 Å². The van der Waals surface area contributed by atoms with Crippen LogP contribution in [0.5, 0.6) is 0 Å². The second-order valence-electron chi connectivity index (χ2n) is 3.37. The number of aryl methyl sites for hydroxylation is 1. The molecule has 1 heterocycles. The molecule has 0 saturated carbocycles. The fraction of sp³-hybridized carbons (Fsp3) is 0.200. The van der Waals surface area contributed by atoms with Gasteiger partial charge in [-0.3, -0.25) is 4.68 Å². The van der Waals surface area contributed by atoms with Gasteiger partial charge in [0.15, 0.2) is 0 Å². The van der Waals surface area contributed by atoms with Crippen molar-refractivity contribution < 1.29 is 4.39 Å². The van der Waals surface area contributed by atoms with Crippen LogP contribution in [0.2, 0.25) is 0 Å². The molecule has 1 aromatic carbocycles. The molecule has 0 aliphatic heterocycles. The number of halogens is 2. The minimum atomic E-state index is -0.273. The molecule has 2 aromatic rings. The van der Waals surface area contributed by atoms with Gasteiger partial charge < -0.3 is 5.32 Å². The van der Waals surface area contributed by atoms with Gasteiger partial charge in [0.1, 0.15) is 11.5 Å². The standard InChI is InChI=1S/C10H10BrFN4/c1-16-6-8(14-15-16)5-13-7-2-3-10(12)9(11)4-7/h2-4,6,13H,5H2,1H3. The maximum Gasteiger partial charge on any atom is 0.137 e. The highest BCUT2D eigenvalue weighted by Gasteiger charge is 2.01. The topological polar surface area (TPSA) is 42.7 Å². The van der Waals surface area contributed by atoms with Crippen molar-refractivity contribution >= 4 is 21.6 Å². The van der Waals surface area contributed by atoms with Crippen LogP contribution in [0.3, 0.4) is 0 Å². The third kappa shape index (κ3) is 2.57. The third-order valence-electron chi connectivity index (χ3n) is 2.04. The Morgan fingerprint density at radius 3 is 2.94 bits per heavy atom. The number of nitrogens with one attached hydrogen (secondary N) is 1. The van der Waals surface area contributed by atoms with E-state index >= 15 is 0 Å². The number of aromatic nitrogens is 3. The van der Waals surface area contributed by atoms with E-state index in [-0.39, 0.29) is 5.82 Å². The average molecular weight is 285 g/mol. The highest BCUT2D eigenvalue weighted by atomic mass is 79.9. The number of rotatable bonds is 3. The highest BCUT2D eigenvalue weighted by Crippen LogP contribution is 2.20. The van der Waals surface area contributed by atoms with Gasteiger partial charge in [0, 0.05) is 18.9 Å². The molecule has 0 amide bonds. The second kappa shape index (κ2) is 4.61. The summed E-state index contributed by atoms with van der Waals surface area (Å²) >= 11 is 3.13. The van der Waals surface area contributed by atoms with Crippen molar-refractivity contribution in [3.63, 3.8) is 0 Å². The van der Waals surface area contributed by atoms with Crippen LogP contribution in [0, 0.1) is 5.82 Å². The Labute approximate surface area is 101 Å². The molecule has 0 spiro atoms. The first kappa shape index (κ1) is 11.1. The predicted molar refractivity (Wildman–Crippen MR) is 62.4 cm³/mol. The lowest BCUT2D eigenvalue weighted by atomic mass is 10.3. The monoisotopic (exact) mass is 284 g/mol. The van der Waals surface area contributed by atoms with Crippen molar-refractivity contribution in [2.75, 3.05) is 5.32 Å². The summed E-state index contributed by atoms with van der Waals surface area (Å²) in [6.07, 6.45) is 1.82. The molecule has 0 bridgehead atoms. The molecule has 0 fully saturated rings. The Morgan fingerprint density at radius 2 is 2.31 bits per heavy atom. The third-order valence-corrected chi connectivity index (χ3v) is 2.65. The molecule has 0 saturated heterocycles. The molecule has 1 aromatic heterocycles. The van der Waals surface area contributed by atoms with Gasteiger partial charge in [0.2, 0.25) is 0 Å². The van der Waals surface area contributed by atoms with E-state index in [0.717, 1.165) is 11.4 Å². The lowest BCUT2D eigenvalue weighted by molar-refractivity contribution is 0.621. The van der Waals surface area contributed by atoms with Crippen molar-refractivity contribution in [1.29, 1.82) is 0 Å². The molecule has 0 aliphatic rings. The number of benzene rings is 1. The van der Waals surface area contributed by atoms with Crippen molar-refractivity contribution in [2.24, 2.45) is 7.05 Å². The van der Waals surface area contributed by atoms with Crippen molar-refractivity contribution in [1.82, 2.24) is 15.0 Å². The van der Waals surface area contributed by atoms with Crippen LogP contribution in [0.1, 0.15) is 5.69 Å². The SMILES string of the molecule is Cn1cc(CNc2ccc(F)c(Br)c2)nn1. The van der Waals surface area contributed by atoms with Gasteiger partial charge in [-0.2, -0.15) is 0 Å². The number of anilines is 1. The molecular formula is C10H10BrFN4. The Bertz CT molecular complexity index is 497. The molecular weight excluding hydrogens is 275 g/mol. The number of nitrogens with zero attached hydrogens (tertiary/aromatic N) is 3. The van der Waals surface area contributed by atoms with Gasteiger partial charge in [-0.25, -0.2) is 4.39 Å². The van der Waals surface area contributed by atoms with Crippen molar-refractivity contribution in [3.05, 3.63) is 40.4 Å². The van der Waals surface area contributed by atoms with Crippen LogP contribution >= 0.6 is 15.9 Å². The lowest BCUT2D eigenvalue weighted by Gasteiger charge is -2.04. The molecule has 0 aliphatic carbocycles. The van der Waals surface area contributed by atoms with E-state index < -0.39 is 0 Å². The first-order chi connectivity index (χ1) is 7.65. The van der Waals surface area contributed by atoms with Gasteiger partial charge in [0.05, 0.1) is 11.0 Å². The maximum atomic E-state index is 13.0. The Balaban J connectivity index is 2.02. The summed E-state index contributed by atoms with van der Waals surface area (Å²) in [5.41, 5.74) is 1.67. The van der Waals surface area contributed by atoms with E-state index in [0.29, 0.717) is 11.0 Å². The first-order valence-corrected chi connectivity index (χ1v) is 5.48. The summed E-state index contributed by atoms with van der Waals surface area (Å²) in [6, 6.07) is 4.77. The minimum Gasteiger partial charge on any atom is -0.379 e. The van der Waals surface area contributed by atoms with Gasteiger partial charge in [-0.15, -0.1) is 5.10 Å². The van der Waals surface area contributed by atoms with Crippen LogP contribution in [0.25, 0.3) is 0 Å². The molecule has 1 N–H and O–H groups in total. The van der Waals surface area contributed by atoms with Gasteiger partial charge in [-0.05, 0) is 34.1 Å². The highest BCUT2D eigenvalue weighted by molar-refractivity contribution is 9.10. The second-order valence-corrected chi connectivity index (χ2v) is 4.22. The lowest BCUT2D eigenvalue weighted by Crippen LogP contribution is -1.99. The van der Waals surface area contributed by atoms with E-state index in [9.17, 15) is 4.39 Å². The number of hydrogen-bond acceptors (Lipinski definition) is 3. The normalized spacial score (nSPS) is 10.4. The summed E-state index contributed by atoms with van der Waals surface area (Å²) in [7, 11) is 1.81. The average Bonchev–Trinajstić information content (AvgIpc) is 2.66. The van der Waals surface area contributed by atoms with Crippen molar-refractivity contribution in [2.45, 2.75) is 6.54 Å². The molecule has 84 valence electrons. The summed E-state index contributed by atoms with van der Waals surface area (Å²) < 4.78 is 15.0. The summed E-state index contributed by atoms with van der Waals surface area (Å²) in [4.78, 5) is 0. The smallest absolute Gasteiger partial charge is 0.137 e. The van der Waals surface area contributed by atoms with E-state index in [1.807, 2.05) is 13.2 Å². The van der Waals surface area contributed by atoms with Gasteiger partial charge in [0.25, 0.3) is 0 Å². The first-order valence-electron chi connectivity index (χ1n) is 4.69. The van der Waals surface area contributed by atoms with Gasteiger partial charge in [-0.1, -0.05) is 5.21 Å². The Hall–Kier alpha value is -1.43. The predicted octanol–water partition coefficient (Wildman–Crippen LogP) is 2.33. The largest absolute Gasteiger partial charge is 0.379 e. The molecule has 0 unspecified atom stereocenters. The zero-order valence-corrected chi connectivity index (χ0v) is 10.2. The zero-order valence-electron chi connectivity index (χ0n) is 8.61. The molecule has 4 nitrogen and oxygen atoms in total. The van der Waals surface area contributed by atoms with Crippen molar-refractivity contribution in [3.8, 4) is 0 Å². The maximum absolute atomic E-state index is 13.0. The fourth-order valence-electron chi connectivity index (χ4n) is 1.28. The van der Waals surface area contributed by atoms with Crippen LogP contribution in [0.4, 0.5) is 10.1 Å². The van der Waals surface area contributed by atoms with E-state index in [2.05, 4.69) is 31.6 Å².